The Balaban J connectivity index is -0.000000111. The molecule has 0 heteroatoms. The Morgan fingerprint density at radius 1 is 0.280 bits per heavy atom. The van der Waals surface area contributed by atoms with E-state index in [1.54, 1.807) is 0 Å². The summed E-state index contributed by atoms with van der Waals surface area (Å²) in [5, 5.41) is 0. The van der Waals surface area contributed by atoms with Crippen LogP contribution < -0.4 is 0 Å². The second kappa shape index (κ2) is 48.5. The van der Waals surface area contributed by atoms with E-state index in [0.29, 0.717) is 81.2 Å². The van der Waals surface area contributed by atoms with Crippen LogP contribution >= 0.6 is 0 Å². The Morgan fingerprint density at radius 3 is 0.530 bits per heavy atom. The molecular weight excluding hydrogens is 1200 g/mol. The molecule has 0 aromatic heterocycles. The van der Waals surface area contributed by atoms with Crippen LogP contribution in [0, 0.1) is 158 Å². The van der Waals surface area contributed by atoms with Crippen molar-refractivity contribution in [3.05, 3.63) is 0 Å². The smallest absolute Gasteiger partial charge is 0.0283 e. The van der Waals surface area contributed by atoms with Crippen LogP contribution in [-0.4, -0.2) is 0 Å². The minimum atomic E-state index is 0.418. The molecule has 100 heavy (non-hydrogen) atoms. The molecule has 0 nitrogen and oxygen atoms in total. The molecule has 0 amide bonds. The molecule has 0 aromatic rings. The maximum Gasteiger partial charge on any atom is -0.0283 e. The minimum Gasteiger partial charge on any atom is -0.0651 e. The molecule has 2 saturated carbocycles. The van der Waals surface area contributed by atoms with Gasteiger partial charge in [0, 0.05) is 0 Å². The number of rotatable bonds is 12. The van der Waals surface area contributed by atoms with Crippen molar-refractivity contribution in [2.45, 2.75) is 494 Å². The average molecular weight is 1420 g/mol. The quantitative estimate of drug-likeness (QED) is 0.183. The van der Waals surface area contributed by atoms with Crippen molar-refractivity contribution in [1.29, 1.82) is 0 Å². The van der Waals surface area contributed by atoms with Crippen LogP contribution in [0.5, 0.6) is 0 Å². The predicted molar refractivity (Wildman–Crippen MR) is 481 cm³/mol. The van der Waals surface area contributed by atoms with Gasteiger partial charge in [-0.1, -0.05) is 469 Å². The van der Waals surface area contributed by atoms with Crippen molar-refractivity contribution in [1.82, 2.24) is 0 Å². The molecule has 0 aliphatic heterocycles. The van der Waals surface area contributed by atoms with Gasteiger partial charge in [0.25, 0.3) is 0 Å². The Bertz CT molecular complexity index is 1710. The topological polar surface area (TPSA) is 0 Å². The first-order valence-corrected chi connectivity index (χ1v) is 42.8. The Morgan fingerprint density at radius 2 is 0.520 bits per heavy atom. The van der Waals surface area contributed by atoms with Crippen LogP contribution in [0.3, 0.4) is 0 Å². The van der Waals surface area contributed by atoms with Gasteiger partial charge in [0.1, 0.15) is 0 Å². The van der Waals surface area contributed by atoms with Crippen LogP contribution in [0.4, 0.5) is 0 Å². The van der Waals surface area contributed by atoms with Crippen LogP contribution in [0.1, 0.15) is 494 Å². The van der Waals surface area contributed by atoms with Gasteiger partial charge in [0.2, 0.25) is 0 Å². The molecule has 1 unspecified atom stereocenters. The van der Waals surface area contributed by atoms with Crippen molar-refractivity contribution in [3.8, 4) is 0 Å². The standard InChI is InChI=1S/C10H22.3C9H20.7C8H18.C7H12/c1-8(2)10(6,7)9(3,4)5;1-7-9(5,6)8(2,3)4;1-7(2)8(3)9(4,5)6;1-7(2)9(5,6)8(3)4;3*1-7(2,3)8(4,5)6;2*1-6-7(2)8(3,4)5;1-6-8(4,5)7(2)3;1-6(2)8(5)7(3)4;1-7(4-5-7)6-2-3-6/h8H,1-7H3;7H2,1-6H3;2*7-8H,1-6H3;3*1-6H3;3*7H,6H2,1-5H3;6-8H,1-5H3;6H,2-5H2,1H3/t;;8-;;;;;7-;;;;/m..1....1..../s1. The monoisotopic (exact) mass is 1420 g/mol. The molecule has 2 aliphatic rings. The molecule has 2 aliphatic carbocycles. The maximum atomic E-state index is 2.44. The van der Waals surface area contributed by atoms with Gasteiger partial charge in [-0.05, 0) is 183 Å². The fraction of sp³-hybridized carbons (Fsp3) is 1.00. The summed E-state index contributed by atoms with van der Waals surface area (Å²) in [6.07, 6.45) is 11.3. The van der Waals surface area contributed by atoms with Gasteiger partial charge in [-0.25, -0.2) is 0 Å². The van der Waals surface area contributed by atoms with E-state index in [1.807, 2.05) is 0 Å². The van der Waals surface area contributed by atoms with E-state index in [1.165, 1.54) is 51.4 Å². The maximum absolute atomic E-state index is 2.44. The SMILES string of the molecule is CC(C)(C)C(C)(C)C.CC(C)(C)C(C)(C)C.CC(C)(C)C(C)(C)C.CC(C)C(C)(C)C(C)(C)C.CC(C)C(C)(C)C(C)C.CC(C)C(C)C(C)C.CC(C)[C@@H](C)C(C)(C)C.CC1(C2CC2)CC1.CCC(C)(C)C(C)(C)C.CCC(C)(C)C(C)C.CCC(C)C(C)(C)C.CC[C@@H](C)C(C)(C)C. The summed E-state index contributed by atoms with van der Waals surface area (Å²) in [4.78, 5) is 0. The van der Waals surface area contributed by atoms with E-state index >= 15 is 0 Å². The molecular formula is C100H220. The van der Waals surface area contributed by atoms with Crippen molar-refractivity contribution >= 4 is 0 Å². The van der Waals surface area contributed by atoms with Crippen LogP contribution in [0.2, 0.25) is 0 Å². The van der Waals surface area contributed by atoms with Crippen molar-refractivity contribution < 1.29 is 0 Å². The highest BCUT2D eigenvalue weighted by Crippen LogP contribution is 2.60. The van der Waals surface area contributed by atoms with Crippen molar-refractivity contribution in [3.63, 3.8) is 0 Å². The van der Waals surface area contributed by atoms with E-state index in [0.717, 1.165) is 76.4 Å². The number of hydrogen-bond donors (Lipinski definition) is 0. The normalized spacial score (nSPS) is 15.8. The average Bonchev–Trinajstić information content (AvgIpc) is 1.61. The van der Waals surface area contributed by atoms with Gasteiger partial charge in [-0.2, -0.15) is 0 Å². The summed E-state index contributed by atoms with van der Waals surface area (Å²) in [5.74, 6) is 10.2. The summed E-state index contributed by atoms with van der Waals surface area (Å²) in [6.45, 7) is 147. The lowest BCUT2D eigenvalue weighted by atomic mass is 9.63. The molecule has 2 fully saturated rings. The van der Waals surface area contributed by atoms with Crippen LogP contribution in [0.15, 0.2) is 0 Å². The summed E-state index contributed by atoms with van der Waals surface area (Å²) in [7, 11) is 0. The number of hydrogen-bond acceptors (Lipinski definition) is 0. The van der Waals surface area contributed by atoms with Gasteiger partial charge >= 0.3 is 0 Å². The molecule has 0 spiro atoms. The molecule has 620 valence electrons. The van der Waals surface area contributed by atoms with Crippen molar-refractivity contribution in [2.24, 2.45) is 158 Å². The minimum absolute atomic E-state index is 0.418. The second-order valence-electron chi connectivity index (χ2n) is 49.3. The van der Waals surface area contributed by atoms with Gasteiger partial charge in [-0.15, -0.1) is 0 Å². The lowest BCUT2D eigenvalue weighted by Crippen LogP contribution is -2.34. The fourth-order valence-corrected chi connectivity index (χ4v) is 6.85. The lowest BCUT2D eigenvalue weighted by molar-refractivity contribution is 0.0737. The molecule has 0 heterocycles. The van der Waals surface area contributed by atoms with E-state index < -0.39 is 0 Å². The molecule has 0 bridgehead atoms. The van der Waals surface area contributed by atoms with E-state index in [-0.39, 0.29) is 0 Å². The first-order chi connectivity index (χ1) is 42.8. The van der Waals surface area contributed by atoms with E-state index in [9.17, 15) is 0 Å². The van der Waals surface area contributed by atoms with Gasteiger partial charge in [0.15, 0.2) is 0 Å². The fourth-order valence-electron chi connectivity index (χ4n) is 6.85. The third-order valence-corrected chi connectivity index (χ3v) is 29.7. The Kier molecular flexibility index (Phi) is 58.7. The van der Waals surface area contributed by atoms with Gasteiger partial charge < -0.3 is 0 Å². The van der Waals surface area contributed by atoms with Crippen molar-refractivity contribution in [2.75, 3.05) is 0 Å². The molecule has 0 N–H and O–H groups in total. The Hall–Kier alpha value is 0. The zero-order chi connectivity index (χ0) is 84.6. The molecule has 3 atom stereocenters. The van der Waals surface area contributed by atoms with Gasteiger partial charge in [-0.3, -0.25) is 0 Å². The lowest BCUT2D eigenvalue weighted by Gasteiger charge is -2.42. The summed E-state index contributed by atoms with van der Waals surface area (Å²) in [6, 6.07) is 0. The highest BCUT2D eigenvalue weighted by atomic mass is 14.5. The third-order valence-electron chi connectivity index (χ3n) is 29.7. The third kappa shape index (κ3) is 60.9. The first-order valence-electron chi connectivity index (χ1n) is 42.8. The predicted octanol–water partition coefficient (Wildman–Crippen LogP) is 37.4. The van der Waals surface area contributed by atoms with Gasteiger partial charge in [0.05, 0.1) is 0 Å². The largest absolute Gasteiger partial charge is 0.0651 e. The van der Waals surface area contributed by atoms with Crippen LogP contribution in [-0.2, 0) is 0 Å². The highest BCUT2D eigenvalue weighted by Gasteiger charge is 2.49. The first kappa shape index (κ1) is 121. The summed E-state index contributed by atoms with van der Waals surface area (Å²) in [5.41, 5.74) is 7.81. The molecule has 0 saturated heterocycles. The zero-order valence-electron chi connectivity index (χ0n) is 84.6. The Labute approximate surface area is 648 Å². The summed E-state index contributed by atoms with van der Waals surface area (Å²) >= 11 is 0. The van der Waals surface area contributed by atoms with E-state index in [4.69, 9.17) is 0 Å². The second-order valence-corrected chi connectivity index (χ2v) is 49.3. The molecule has 2 rings (SSSR count). The van der Waals surface area contributed by atoms with E-state index in [2.05, 4.69) is 443 Å². The molecule has 0 aromatic carbocycles. The molecule has 0 radical (unpaired) electrons. The zero-order valence-corrected chi connectivity index (χ0v) is 84.6. The van der Waals surface area contributed by atoms with Crippen LogP contribution in [0.25, 0.3) is 0 Å². The highest BCUT2D eigenvalue weighted by molar-refractivity contribution is 5.00. The summed E-state index contributed by atoms with van der Waals surface area (Å²) < 4.78 is 0.